The summed E-state index contributed by atoms with van der Waals surface area (Å²) in [5.41, 5.74) is 3.57. The Morgan fingerprint density at radius 2 is 2.21 bits per heavy atom. The number of aromatic amines is 2. The van der Waals surface area contributed by atoms with E-state index in [9.17, 15) is 0 Å². The summed E-state index contributed by atoms with van der Waals surface area (Å²) in [5, 5.41) is 1.21. The third-order valence-electron chi connectivity index (χ3n) is 4.89. The molecule has 0 spiro atoms. The third kappa shape index (κ3) is 3.04. The summed E-state index contributed by atoms with van der Waals surface area (Å²) in [6.07, 6.45) is 4.37. The van der Waals surface area contributed by atoms with Crippen LogP contribution >= 0.6 is 0 Å². The van der Waals surface area contributed by atoms with E-state index in [-0.39, 0.29) is 0 Å². The maximum atomic E-state index is 5.31. The molecule has 1 fully saturated rings. The number of benzene rings is 1. The number of rotatable bonds is 4. The van der Waals surface area contributed by atoms with Crippen molar-refractivity contribution in [1.29, 1.82) is 0 Å². The Labute approximate surface area is 142 Å². The Morgan fingerprint density at radius 3 is 3.00 bits per heavy atom. The van der Waals surface area contributed by atoms with Gasteiger partial charge >= 0.3 is 0 Å². The number of nitrogens with one attached hydrogen (secondary N) is 2. The number of likely N-dealkylation sites (tertiary alicyclic amines) is 1. The zero-order valence-electron chi connectivity index (χ0n) is 14.3. The van der Waals surface area contributed by atoms with Crippen molar-refractivity contribution in [2.45, 2.75) is 32.2 Å². The normalized spacial score (nSPS) is 19.0. The van der Waals surface area contributed by atoms with Crippen molar-refractivity contribution in [3.8, 4) is 5.75 Å². The average Bonchev–Trinajstić information content (AvgIpc) is 3.20. The van der Waals surface area contributed by atoms with Crippen LogP contribution in [0.1, 0.15) is 36.0 Å². The maximum absolute atomic E-state index is 5.31. The van der Waals surface area contributed by atoms with Crippen molar-refractivity contribution >= 4 is 10.9 Å². The molecule has 5 nitrogen and oxygen atoms in total. The standard InChI is InChI=1S/C19H24N4O/c1-13-10-20-19(21-13)14-4-3-7-23(11-14)12-16-8-15-9-17(24-2)5-6-18(15)22-16/h5-6,8-10,14,22H,3-4,7,11-12H2,1-2H3,(H,20,21). The van der Waals surface area contributed by atoms with E-state index in [0.29, 0.717) is 5.92 Å². The molecular weight excluding hydrogens is 300 g/mol. The smallest absolute Gasteiger partial charge is 0.119 e. The molecule has 0 bridgehead atoms. The van der Waals surface area contributed by atoms with Gasteiger partial charge in [0.05, 0.1) is 7.11 Å². The minimum atomic E-state index is 0.511. The highest BCUT2D eigenvalue weighted by Crippen LogP contribution is 2.27. The van der Waals surface area contributed by atoms with Crippen LogP contribution in [0.4, 0.5) is 0 Å². The monoisotopic (exact) mass is 324 g/mol. The number of hydrogen-bond acceptors (Lipinski definition) is 3. The molecular formula is C19H24N4O. The molecule has 1 atom stereocenters. The van der Waals surface area contributed by atoms with Crippen LogP contribution in [0.5, 0.6) is 5.75 Å². The third-order valence-corrected chi connectivity index (χ3v) is 4.89. The number of hydrogen-bond donors (Lipinski definition) is 2. The van der Waals surface area contributed by atoms with E-state index in [2.05, 4.69) is 45.0 Å². The number of piperidine rings is 1. The van der Waals surface area contributed by atoms with Crippen LogP contribution in [0.25, 0.3) is 10.9 Å². The summed E-state index contributed by atoms with van der Waals surface area (Å²) in [4.78, 5) is 14.0. The zero-order chi connectivity index (χ0) is 16.5. The predicted octanol–water partition coefficient (Wildman–Crippen LogP) is 3.59. The predicted molar refractivity (Wildman–Crippen MR) is 95.4 cm³/mol. The van der Waals surface area contributed by atoms with E-state index in [4.69, 9.17) is 4.74 Å². The molecule has 0 amide bonds. The topological polar surface area (TPSA) is 56.9 Å². The molecule has 5 heteroatoms. The van der Waals surface area contributed by atoms with Crippen molar-refractivity contribution in [3.05, 3.63) is 47.7 Å². The number of aromatic nitrogens is 3. The average molecular weight is 324 g/mol. The first-order valence-electron chi connectivity index (χ1n) is 8.61. The molecule has 2 aromatic heterocycles. The van der Waals surface area contributed by atoms with Crippen molar-refractivity contribution < 1.29 is 4.74 Å². The van der Waals surface area contributed by atoms with Crippen molar-refractivity contribution in [2.24, 2.45) is 0 Å². The largest absolute Gasteiger partial charge is 0.497 e. The maximum Gasteiger partial charge on any atom is 0.119 e. The van der Waals surface area contributed by atoms with E-state index < -0.39 is 0 Å². The molecule has 1 aromatic carbocycles. The van der Waals surface area contributed by atoms with Gasteiger partial charge in [-0.3, -0.25) is 4.90 Å². The van der Waals surface area contributed by atoms with Gasteiger partial charge in [0.25, 0.3) is 0 Å². The minimum absolute atomic E-state index is 0.511. The van der Waals surface area contributed by atoms with Crippen molar-refractivity contribution in [3.63, 3.8) is 0 Å². The lowest BCUT2D eigenvalue weighted by atomic mass is 9.97. The Kier molecular flexibility index (Phi) is 4.02. The lowest BCUT2D eigenvalue weighted by molar-refractivity contribution is 0.195. The molecule has 0 saturated carbocycles. The Morgan fingerprint density at radius 1 is 1.29 bits per heavy atom. The molecule has 24 heavy (non-hydrogen) atoms. The highest BCUT2D eigenvalue weighted by Gasteiger charge is 2.23. The molecule has 1 saturated heterocycles. The number of aryl methyl sites for hydroxylation is 1. The van der Waals surface area contributed by atoms with Crippen LogP contribution in [-0.2, 0) is 6.54 Å². The van der Waals surface area contributed by atoms with Gasteiger partial charge < -0.3 is 14.7 Å². The molecule has 2 N–H and O–H groups in total. The van der Waals surface area contributed by atoms with Crippen LogP contribution in [0.15, 0.2) is 30.5 Å². The zero-order valence-corrected chi connectivity index (χ0v) is 14.3. The molecule has 1 aliphatic heterocycles. The van der Waals surface area contributed by atoms with Gasteiger partial charge in [-0.25, -0.2) is 4.98 Å². The van der Waals surface area contributed by atoms with E-state index in [1.807, 2.05) is 12.3 Å². The van der Waals surface area contributed by atoms with Crippen LogP contribution in [-0.4, -0.2) is 40.1 Å². The Hall–Kier alpha value is -2.27. The highest BCUT2D eigenvalue weighted by atomic mass is 16.5. The first-order chi connectivity index (χ1) is 11.7. The van der Waals surface area contributed by atoms with E-state index >= 15 is 0 Å². The van der Waals surface area contributed by atoms with Crippen molar-refractivity contribution in [2.75, 3.05) is 20.2 Å². The van der Waals surface area contributed by atoms with Gasteiger partial charge in [0.15, 0.2) is 0 Å². The number of methoxy groups -OCH3 is 1. The van der Waals surface area contributed by atoms with Gasteiger partial charge in [-0.05, 0) is 50.6 Å². The van der Waals surface area contributed by atoms with Crippen LogP contribution < -0.4 is 4.74 Å². The molecule has 0 radical (unpaired) electrons. The van der Waals surface area contributed by atoms with E-state index in [0.717, 1.165) is 36.9 Å². The molecule has 1 unspecified atom stereocenters. The summed E-state index contributed by atoms with van der Waals surface area (Å²) < 4.78 is 5.31. The number of ether oxygens (including phenoxy) is 1. The Balaban J connectivity index is 1.48. The molecule has 1 aliphatic rings. The van der Waals surface area contributed by atoms with Gasteiger partial charge in [-0.1, -0.05) is 0 Å². The van der Waals surface area contributed by atoms with Gasteiger partial charge in [0, 0.05) is 47.5 Å². The molecule has 3 heterocycles. The van der Waals surface area contributed by atoms with Crippen LogP contribution in [0, 0.1) is 6.92 Å². The second-order valence-electron chi connectivity index (χ2n) is 6.77. The Bertz CT molecular complexity index is 835. The summed E-state index contributed by atoms with van der Waals surface area (Å²) in [6.45, 7) is 5.23. The fourth-order valence-corrected chi connectivity index (χ4v) is 3.69. The molecule has 0 aliphatic carbocycles. The number of nitrogens with zero attached hydrogens (tertiary/aromatic N) is 2. The lowest BCUT2D eigenvalue weighted by Crippen LogP contribution is -2.34. The van der Waals surface area contributed by atoms with Gasteiger partial charge in [-0.15, -0.1) is 0 Å². The SMILES string of the molecule is COc1ccc2[nH]c(CN3CCCC(c4ncc(C)[nH]4)C3)cc2c1. The summed E-state index contributed by atoms with van der Waals surface area (Å²) >= 11 is 0. The number of H-pyrrole nitrogens is 2. The highest BCUT2D eigenvalue weighted by molar-refractivity contribution is 5.81. The molecule has 3 aromatic rings. The summed E-state index contributed by atoms with van der Waals surface area (Å²) in [7, 11) is 1.71. The van der Waals surface area contributed by atoms with Gasteiger partial charge in [0.2, 0.25) is 0 Å². The first-order valence-corrected chi connectivity index (χ1v) is 8.61. The van der Waals surface area contributed by atoms with Crippen LogP contribution in [0.2, 0.25) is 0 Å². The molecule has 4 rings (SSSR count). The number of imidazole rings is 1. The second kappa shape index (κ2) is 6.32. The van der Waals surface area contributed by atoms with Crippen molar-refractivity contribution in [1.82, 2.24) is 19.9 Å². The fraction of sp³-hybridized carbons (Fsp3) is 0.421. The van der Waals surface area contributed by atoms with E-state index in [1.54, 1.807) is 7.11 Å². The summed E-state index contributed by atoms with van der Waals surface area (Å²) in [5.74, 6) is 2.55. The van der Waals surface area contributed by atoms with Crippen LogP contribution in [0.3, 0.4) is 0 Å². The second-order valence-corrected chi connectivity index (χ2v) is 6.77. The van der Waals surface area contributed by atoms with Gasteiger partial charge in [-0.2, -0.15) is 0 Å². The quantitative estimate of drug-likeness (QED) is 0.771. The number of fused-ring (bicyclic) bond motifs is 1. The minimum Gasteiger partial charge on any atom is -0.497 e. The lowest BCUT2D eigenvalue weighted by Gasteiger charge is -2.31. The first kappa shape index (κ1) is 15.3. The van der Waals surface area contributed by atoms with Gasteiger partial charge in [0.1, 0.15) is 11.6 Å². The van der Waals surface area contributed by atoms with E-state index in [1.165, 1.54) is 29.4 Å². The summed E-state index contributed by atoms with van der Waals surface area (Å²) in [6, 6.07) is 8.40. The molecule has 126 valence electrons. The fourth-order valence-electron chi connectivity index (χ4n) is 3.69.